The summed E-state index contributed by atoms with van der Waals surface area (Å²) in [5.41, 5.74) is 10.4. The average Bonchev–Trinajstić information content (AvgIpc) is 2.64. The van der Waals surface area contributed by atoms with Gasteiger partial charge in [0.15, 0.2) is 0 Å². The summed E-state index contributed by atoms with van der Waals surface area (Å²) in [5.74, 6) is 0. The fourth-order valence-corrected chi connectivity index (χ4v) is 3.31. The van der Waals surface area contributed by atoms with Crippen LogP contribution in [-0.2, 0) is 12.1 Å². The highest BCUT2D eigenvalue weighted by atomic mass is 16.3. The van der Waals surface area contributed by atoms with Crippen molar-refractivity contribution in [2.75, 3.05) is 0 Å². The van der Waals surface area contributed by atoms with E-state index < -0.39 is 5.54 Å². The lowest BCUT2D eigenvalue weighted by molar-refractivity contribution is 0.0203. The lowest BCUT2D eigenvalue weighted by atomic mass is 9.70. The molecule has 1 aromatic carbocycles. The topological polar surface area (TPSA) is 64.1 Å². The van der Waals surface area contributed by atoms with E-state index in [0.717, 1.165) is 23.5 Å². The predicted molar refractivity (Wildman–Crippen MR) is 78.4 cm³/mol. The Kier molecular flexibility index (Phi) is 3.15. The molecule has 0 atom stereocenters. The Bertz CT molecular complexity index is 612. The Morgan fingerprint density at radius 2 is 1.95 bits per heavy atom. The minimum Gasteiger partial charge on any atom is -0.393 e. The van der Waals surface area contributed by atoms with E-state index in [1.54, 1.807) is 0 Å². The second kappa shape index (κ2) is 4.72. The van der Waals surface area contributed by atoms with Crippen molar-refractivity contribution in [2.45, 2.75) is 44.9 Å². The van der Waals surface area contributed by atoms with Gasteiger partial charge in [-0.3, -0.25) is 4.68 Å². The molecule has 0 radical (unpaired) electrons. The predicted octanol–water partition coefficient (Wildman–Crippen LogP) is 1.86. The van der Waals surface area contributed by atoms with Gasteiger partial charge in [-0.05, 0) is 32.3 Å². The van der Waals surface area contributed by atoms with E-state index in [0.29, 0.717) is 12.8 Å². The number of hydrogen-bond donors (Lipinski definition) is 2. The standard InChI is InChI=1S/C16H21N3O/c1-11-15(16(17)8-14(20)9-16)12(2)19(18-11)10-13-6-4-3-5-7-13/h3-7,14,20H,8-10,17H2,1-2H3. The monoisotopic (exact) mass is 271 g/mol. The van der Waals surface area contributed by atoms with Crippen molar-refractivity contribution in [1.82, 2.24) is 9.78 Å². The molecular formula is C16H21N3O. The van der Waals surface area contributed by atoms with Gasteiger partial charge in [0.25, 0.3) is 0 Å². The van der Waals surface area contributed by atoms with Crippen molar-refractivity contribution in [2.24, 2.45) is 5.73 Å². The van der Waals surface area contributed by atoms with E-state index in [1.165, 1.54) is 5.56 Å². The van der Waals surface area contributed by atoms with Crippen LogP contribution in [0.3, 0.4) is 0 Å². The Morgan fingerprint density at radius 1 is 1.30 bits per heavy atom. The van der Waals surface area contributed by atoms with Gasteiger partial charge in [0.1, 0.15) is 0 Å². The van der Waals surface area contributed by atoms with Crippen LogP contribution in [0, 0.1) is 13.8 Å². The molecule has 1 aliphatic rings. The number of nitrogens with two attached hydrogens (primary N) is 1. The van der Waals surface area contributed by atoms with Gasteiger partial charge < -0.3 is 10.8 Å². The van der Waals surface area contributed by atoms with Gasteiger partial charge in [-0.25, -0.2) is 0 Å². The van der Waals surface area contributed by atoms with Crippen LogP contribution in [0.2, 0.25) is 0 Å². The molecule has 3 rings (SSSR count). The maximum Gasteiger partial charge on any atom is 0.0662 e. The molecule has 0 saturated heterocycles. The van der Waals surface area contributed by atoms with Crippen molar-refractivity contribution < 1.29 is 5.11 Å². The summed E-state index contributed by atoms with van der Waals surface area (Å²) >= 11 is 0. The zero-order valence-electron chi connectivity index (χ0n) is 12.0. The summed E-state index contributed by atoms with van der Waals surface area (Å²) < 4.78 is 2.01. The number of nitrogens with zero attached hydrogens (tertiary/aromatic N) is 2. The van der Waals surface area contributed by atoms with E-state index in [1.807, 2.05) is 29.8 Å². The van der Waals surface area contributed by atoms with Crippen LogP contribution in [0.15, 0.2) is 30.3 Å². The molecule has 0 amide bonds. The zero-order valence-corrected chi connectivity index (χ0v) is 12.0. The molecule has 4 nitrogen and oxygen atoms in total. The average molecular weight is 271 g/mol. The zero-order chi connectivity index (χ0) is 14.3. The highest BCUT2D eigenvalue weighted by molar-refractivity contribution is 5.35. The van der Waals surface area contributed by atoms with Crippen molar-refractivity contribution >= 4 is 0 Å². The second-order valence-corrected chi connectivity index (χ2v) is 5.91. The Labute approximate surface area is 119 Å². The first-order valence-corrected chi connectivity index (χ1v) is 7.05. The molecule has 20 heavy (non-hydrogen) atoms. The third-order valence-corrected chi connectivity index (χ3v) is 4.25. The molecule has 1 saturated carbocycles. The number of rotatable bonds is 3. The maximum atomic E-state index is 9.56. The van der Waals surface area contributed by atoms with Gasteiger partial charge in [0.05, 0.1) is 18.3 Å². The third kappa shape index (κ3) is 2.15. The highest BCUT2D eigenvalue weighted by Gasteiger charge is 2.44. The molecule has 2 aromatic rings. The first-order valence-electron chi connectivity index (χ1n) is 7.05. The molecule has 0 aliphatic heterocycles. The van der Waals surface area contributed by atoms with Crippen LogP contribution in [-0.4, -0.2) is 21.0 Å². The molecule has 106 valence electrons. The summed E-state index contributed by atoms with van der Waals surface area (Å²) in [6.45, 7) is 4.83. The van der Waals surface area contributed by atoms with Crippen LogP contribution in [0.1, 0.15) is 35.4 Å². The molecule has 1 aromatic heterocycles. The van der Waals surface area contributed by atoms with Crippen LogP contribution in [0.25, 0.3) is 0 Å². The van der Waals surface area contributed by atoms with Crippen molar-refractivity contribution in [1.29, 1.82) is 0 Å². The fourth-order valence-electron chi connectivity index (χ4n) is 3.31. The van der Waals surface area contributed by atoms with E-state index in [2.05, 4.69) is 24.2 Å². The molecule has 0 unspecified atom stereocenters. The summed E-state index contributed by atoms with van der Waals surface area (Å²) in [7, 11) is 0. The Balaban J connectivity index is 1.91. The van der Waals surface area contributed by atoms with Gasteiger partial charge in [0.2, 0.25) is 0 Å². The largest absolute Gasteiger partial charge is 0.393 e. The van der Waals surface area contributed by atoms with Gasteiger partial charge in [-0.2, -0.15) is 5.10 Å². The van der Waals surface area contributed by atoms with Gasteiger partial charge in [-0.15, -0.1) is 0 Å². The molecule has 1 fully saturated rings. The van der Waals surface area contributed by atoms with Gasteiger partial charge >= 0.3 is 0 Å². The van der Waals surface area contributed by atoms with Crippen LogP contribution < -0.4 is 5.73 Å². The maximum absolute atomic E-state index is 9.56. The highest BCUT2D eigenvalue weighted by Crippen LogP contribution is 2.41. The van der Waals surface area contributed by atoms with Crippen molar-refractivity contribution in [3.05, 3.63) is 52.8 Å². The fraction of sp³-hybridized carbons (Fsp3) is 0.438. The molecule has 0 bridgehead atoms. The van der Waals surface area contributed by atoms with Crippen LogP contribution in [0.4, 0.5) is 0 Å². The molecule has 3 N–H and O–H groups in total. The summed E-state index contributed by atoms with van der Waals surface area (Å²) in [6.07, 6.45) is 0.994. The van der Waals surface area contributed by atoms with Gasteiger partial charge in [0, 0.05) is 16.8 Å². The summed E-state index contributed by atoms with van der Waals surface area (Å²) in [4.78, 5) is 0. The number of aliphatic hydroxyl groups is 1. The minimum atomic E-state index is -0.400. The first-order chi connectivity index (χ1) is 9.49. The van der Waals surface area contributed by atoms with E-state index in [4.69, 9.17) is 5.73 Å². The third-order valence-electron chi connectivity index (χ3n) is 4.25. The minimum absolute atomic E-state index is 0.267. The number of aliphatic hydroxyl groups excluding tert-OH is 1. The molecule has 0 spiro atoms. The summed E-state index contributed by atoms with van der Waals surface area (Å²) in [5, 5.41) is 14.2. The van der Waals surface area contributed by atoms with Crippen molar-refractivity contribution in [3.8, 4) is 0 Å². The quantitative estimate of drug-likeness (QED) is 0.895. The van der Waals surface area contributed by atoms with E-state index >= 15 is 0 Å². The normalized spacial score (nSPS) is 25.5. The molecule has 1 heterocycles. The number of aryl methyl sites for hydroxylation is 1. The van der Waals surface area contributed by atoms with Crippen LogP contribution >= 0.6 is 0 Å². The summed E-state index contributed by atoms with van der Waals surface area (Å²) in [6, 6.07) is 10.3. The Morgan fingerprint density at radius 3 is 2.55 bits per heavy atom. The Hall–Kier alpha value is -1.65. The number of aromatic nitrogens is 2. The SMILES string of the molecule is Cc1nn(Cc2ccccc2)c(C)c1C1(N)CC(O)C1. The van der Waals surface area contributed by atoms with Crippen molar-refractivity contribution in [3.63, 3.8) is 0 Å². The number of hydrogen-bond acceptors (Lipinski definition) is 3. The lowest BCUT2D eigenvalue weighted by Crippen LogP contribution is -2.52. The molecule has 4 heteroatoms. The number of benzene rings is 1. The first kappa shape index (κ1) is 13.3. The second-order valence-electron chi connectivity index (χ2n) is 5.91. The molecular weight excluding hydrogens is 250 g/mol. The smallest absolute Gasteiger partial charge is 0.0662 e. The molecule has 1 aliphatic carbocycles. The lowest BCUT2D eigenvalue weighted by Gasteiger charge is -2.42. The van der Waals surface area contributed by atoms with E-state index in [9.17, 15) is 5.11 Å². The van der Waals surface area contributed by atoms with Crippen LogP contribution in [0.5, 0.6) is 0 Å². The van der Waals surface area contributed by atoms with E-state index in [-0.39, 0.29) is 6.10 Å². The van der Waals surface area contributed by atoms with Gasteiger partial charge in [-0.1, -0.05) is 30.3 Å².